The molecule has 9 heavy (non-hydrogen) atoms. The summed E-state index contributed by atoms with van der Waals surface area (Å²) in [5, 5.41) is 17.8. The van der Waals surface area contributed by atoms with Crippen LogP contribution in [0.4, 0.5) is 0 Å². The zero-order valence-electron chi connectivity index (χ0n) is 5.21. The van der Waals surface area contributed by atoms with Crippen LogP contribution in [0.2, 0.25) is 0 Å². The van der Waals surface area contributed by atoms with E-state index in [2.05, 4.69) is 0 Å². The Kier molecular flexibility index (Phi) is 19.0. The van der Waals surface area contributed by atoms with Crippen LogP contribution in [0.25, 0.3) is 0 Å². The molecule has 0 aromatic heterocycles. The second-order valence-corrected chi connectivity index (χ2v) is 0.983. The molecule has 0 aromatic carbocycles. The van der Waals surface area contributed by atoms with E-state index in [4.69, 9.17) is 19.8 Å². The topological polar surface area (TPSA) is 80.3 Å². The molecule has 4 nitrogen and oxygen atoms in total. The summed E-state index contributed by atoms with van der Waals surface area (Å²) < 4.78 is 0. The second kappa shape index (κ2) is 10.7. The van der Waals surface area contributed by atoms with Gasteiger partial charge in [-0.15, -0.1) is 0 Å². The molecule has 49 valence electrons. The Balaban J connectivity index is -0.0000000720. The molecule has 0 amide bonds. The first kappa shape index (κ1) is 15.9. The second-order valence-electron chi connectivity index (χ2n) is 0.983. The van der Waals surface area contributed by atoms with Crippen molar-refractivity contribution in [3.8, 4) is 0 Å². The van der Waals surface area contributed by atoms with Crippen LogP contribution in [0.5, 0.6) is 0 Å². The van der Waals surface area contributed by atoms with Gasteiger partial charge in [-0.25, -0.2) is 0 Å². The summed E-state index contributed by atoms with van der Waals surface area (Å²) in [4.78, 5) is 17.8. The van der Waals surface area contributed by atoms with Gasteiger partial charge in [-0.2, -0.15) is 0 Å². The van der Waals surface area contributed by atoms with Crippen molar-refractivity contribution < 1.29 is 19.8 Å². The van der Waals surface area contributed by atoms with Crippen LogP contribution in [0.15, 0.2) is 0 Å². The molecule has 0 saturated heterocycles. The van der Waals surface area contributed by atoms with Crippen molar-refractivity contribution in [2.24, 2.45) is 0 Å². The van der Waals surface area contributed by atoms with Crippen LogP contribution in [-0.4, -0.2) is 37.8 Å². The Morgan fingerprint density at radius 1 is 1.00 bits per heavy atom. The van der Waals surface area contributed by atoms with Crippen molar-refractivity contribution in [3.63, 3.8) is 0 Å². The molecule has 0 aliphatic carbocycles. The third-order valence-electron chi connectivity index (χ3n) is 0. The van der Waals surface area contributed by atoms with Crippen molar-refractivity contribution in [2.75, 3.05) is 0 Å². The van der Waals surface area contributed by atoms with Crippen molar-refractivity contribution in [1.29, 1.82) is 0 Å². The molecule has 0 aliphatic heterocycles. The quantitative estimate of drug-likeness (QED) is 0.450. The van der Waals surface area contributed by atoms with Crippen molar-refractivity contribution in [3.05, 3.63) is 0 Å². The number of carboxylic acids is 2. The van der Waals surface area contributed by atoms with Gasteiger partial charge in [0.25, 0.3) is 0 Å². The van der Waals surface area contributed by atoms with E-state index in [-0.39, 0.29) is 25.8 Å². The molecule has 0 unspecified atom stereocenters. The summed E-state index contributed by atoms with van der Waals surface area (Å²) in [5.74, 6) is -2.17. The van der Waals surface area contributed by atoms with Gasteiger partial charge >= 0.3 is 25.8 Å². The van der Waals surface area contributed by atoms with Gasteiger partial charge in [0.15, 0.2) is 0 Å². The standard InChI is InChI=1S/2C2H4O2.In/c2*1-2(3)4;/h2*1H3,(H,3,4);/q;;+2/p-2. The summed E-state index contributed by atoms with van der Waals surface area (Å²) in [6.07, 6.45) is 0. The van der Waals surface area contributed by atoms with Crippen LogP contribution in [0.3, 0.4) is 0 Å². The predicted octanol–water partition coefficient (Wildman–Crippen LogP) is -2.87. The minimum absolute atomic E-state index is 0. The molecule has 0 aliphatic rings. The normalized spacial score (nSPS) is 5.56. The van der Waals surface area contributed by atoms with Gasteiger partial charge in [0.1, 0.15) is 0 Å². The number of carboxylic acid groups (broad SMARTS) is 2. The first-order valence-corrected chi connectivity index (χ1v) is 1.82. The number of carbonyl (C=O) groups excluding carboxylic acids is 2. The maximum Gasteiger partial charge on any atom is 2.00 e. The maximum absolute atomic E-state index is 8.89. The average molecular weight is 233 g/mol. The molecule has 0 heterocycles. The van der Waals surface area contributed by atoms with Gasteiger partial charge < -0.3 is 19.8 Å². The molecule has 0 atom stereocenters. The van der Waals surface area contributed by atoms with E-state index in [0.29, 0.717) is 0 Å². The van der Waals surface area contributed by atoms with Crippen LogP contribution in [-0.2, 0) is 9.59 Å². The minimum Gasteiger partial charge on any atom is -0.550 e. The third kappa shape index (κ3) is 7310. The van der Waals surface area contributed by atoms with E-state index >= 15 is 0 Å². The Morgan fingerprint density at radius 2 is 1.00 bits per heavy atom. The Labute approximate surface area is 71.7 Å². The molecule has 0 rings (SSSR count). The van der Waals surface area contributed by atoms with Crippen molar-refractivity contribution in [2.45, 2.75) is 13.8 Å². The van der Waals surface area contributed by atoms with Crippen molar-refractivity contribution in [1.82, 2.24) is 0 Å². The summed E-state index contributed by atoms with van der Waals surface area (Å²) in [5.41, 5.74) is 0. The van der Waals surface area contributed by atoms with E-state index in [0.717, 1.165) is 13.8 Å². The smallest absolute Gasteiger partial charge is 0.550 e. The number of hydrogen-bond acceptors (Lipinski definition) is 4. The Morgan fingerprint density at radius 3 is 1.00 bits per heavy atom. The molecule has 5 heteroatoms. The molecule has 0 aromatic rings. The molecular formula is C4H6InO4. The van der Waals surface area contributed by atoms with E-state index in [1.54, 1.807) is 0 Å². The largest absolute Gasteiger partial charge is 2.00 e. The fourth-order valence-corrected chi connectivity index (χ4v) is 0. The molecule has 0 fully saturated rings. The van der Waals surface area contributed by atoms with Crippen LogP contribution >= 0.6 is 0 Å². The van der Waals surface area contributed by atoms with Gasteiger partial charge in [-0.3, -0.25) is 0 Å². The Bertz CT molecular complexity index is 70.6. The number of carbonyl (C=O) groups is 2. The van der Waals surface area contributed by atoms with E-state index in [9.17, 15) is 0 Å². The van der Waals surface area contributed by atoms with Gasteiger partial charge in [0, 0.05) is 11.9 Å². The number of aliphatic carboxylic acids is 2. The first-order chi connectivity index (χ1) is 3.46. The molecule has 0 N–H and O–H groups in total. The van der Waals surface area contributed by atoms with Gasteiger partial charge in [0.2, 0.25) is 0 Å². The van der Waals surface area contributed by atoms with Crippen molar-refractivity contribution >= 4 is 37.8 Å². The fraction of sp³-hybridized carbons (Fsp3) is 0.500. The van der Waals surface area contributed by atoms with Gasteiger partial charge in [-0.05, 0) is 13.8 Å². The van der Waals surface area contributed by atoms with Gasteiger partial charge in [0.05, 0.1) is 0 Å². The number of hydrogen-bond donors (Lipinski definition) is 0. The molecule has 0 spiro atoms. The number of rotatable bonds is 0. The molecule has 1 radical (unpaired) electrons. The van der Waals surface area contributed by atoms with Crippen LogP contribution in [0.1, 0.15) is 13.8 Å². The SMILES string of the molecule is CC(=O)[O-].CC(=O)[O-].[In+2]. The first-order valence-electron chi connectivity index (χ1n) is 1.82. The monoisotopic (exact) mass is 233 g/mol. The fourth-order valence-electron chi connectivity index (χ4n) is 0. The zero-order valence-corrected chi connectivity index (χ0v) is 8.51. The third-order valence-corrected chi connectivity index (χ3v) is 0. The minimum atomic E-state index is -1.08. The molecule has 0 bridgehead atoms. The summed E-state index contributed by atoms with van der Waals surface area (Å²) >= 11 is 0. The predicted molar refractivity (Wildman–Crippen MR) is 27.1 cm³/mol. The van der Waals surface area contributed by atoms with E-state index in [1.165, 1.54) is 0 Å². The summed E-state index contributed by atoms with van der Waals surface area (Å²) in [6, 6.07) is 0. The van der Waals surface area contributed by atoms with E-state index < -0.39 is 11.9 Å². The van der Waals surface area contributed by atoms with Gasteiger partial charge in [-0.1, -0.05) is 0 Å². The zero-order chi connectivity index (χ0) is 7.15. The maximum atomic E-state index is 8.89. The van der Waals surface area contributed by atoms with Crippen LogP contribution in [0, 0.1) is 0 Å². The molecular weight excluding hydrogens is 227 g/mol. The summed E-state index contributed by atoms with van der Waals surface area (Å²) in [6.45, 7) is 1.94. The Hall–Kier alpha value is -0.190. The van der Waals surface area contributed by atoms with E-state index in [1.807, 2.05) is 0 Å². The van der Waals surface area contributed by atoms with Crippen LogP contribution < -0.4 is 10.2 Å². The summed E-state index contributed by atoms with van der Waals surface area (Å²) in [7, 11) is 0. The average Bonchev–Trinajstić information content (AvgIpc) is 1.25. The molecule has 0 saturated carbocycles.